The van der Waals surface area contributed by atoms with Crippen molar-refractivity contribution in [2.75, 3.05) is 0 Å². The number of aliphatic hydroxyl groups is 1. The maximum atomic E-state index is 12.8. The molecule has 3 nitrogen and oxygen atoms in total. The lowest BCUT2D eigenvalue weighted by Crippen LogP contribution is -2.40. The summed E-state index contributed by atoms with van der Waals surface area (Å²) in [5, 5.41) is 9.14. The molecule has 4 heteroatoms. The largest absolute Gasteiger partial charge is 0.486 e. The molecule has 0 saturated heterocycles. The quantitative estimate of drug-likeness (QED) is 0.719. The Balaban J connectivity index is 0.000000606. The van der Waals surface area contributed by atoms with Crippen molar-refractivity contribution in [1.29, 1.82) is 0 Å². The summed E-state index contributed by atoms with van der Waals surface area (Å²) in [5.74, 6) is 0.353. The van der Waals surface area contributed by atoms with E-state index in [0.717, 1.165) is 5.56 Å². The zero-order valence-electron chi connectivity index (χ0n) is 9.61. The average Bonchev–Trinajstić information content (AvgIpc) is 2.30. The summed E-state index contributed by atoms with van der Waals surface area (Å²) in [6, 6.07) is 4.36. The second-order valence-electron chi connectivity index (χ2n) is 3.44. The first-order valence-electron chi connectivity index (χ1n) is 5.55. The molecule has 2 unspecified atom stereocenters. The fourth-order valence-corrected chi connectivity index (χ4v) is 1.62. The Hall–Kier alpha value is -1.13. The summed E-state index contributed by atoms with van der Waals surface area (Å²) in [6.45, 7) is 4.00. The van der Waals surface area contributed by atoms with Crippen molar-refractivity contribution in [3.63, 3.8) is 0 Å². The van der Waals surface area contributed by atoms with Crippen LogP contribution in [0, 0.1) is 5.82 Å². The normalized spacial score (nSPS) is 19.9. The predicted octanol–water partition coefficient (Wildman–Crippen LogP) is 1.82. The van der Waals surface area contributed by atoms with E-state index < -0.39 is 6.23 Å². The third kappa shape index (κ3) is 2.93. The zero-order chi connectivity index (χ0) is 12.1. The highest BCUT2D eigenvalue weighted by Gasteiger charge is 2.23. The Morgan fingerprint density at radius 3 is 2.81 bits per heavy atom. The molecule has 16 heavy (non-hydrogen) atoms. The SMILES string of the molecule is CC.NC(O)C1CCc2cc(F)ccc2O1. The van der Waals surface area contributed by atoms with Gasteiger partial charge < -0.3 is 15.6 Å². The number of aliphatic hydroxyl groups excluding tert-OH is 1. The molecule has 0 aromatic heterocycles. The number of fused-ring (bicyclic) bond motifs is 1. The molecule has 0 aliphatic carbocycles. The first-order valence-corrected chi connectivity index (χ1v) is 5.55. The molecule has 0 bridgehead atoms. The maximum absolute atomic E-state index is 12.8. The van der Waals surface area contributed by atoms with Gasteiger partial charge in [-0.05, 0) is 36.6 Å². The Labute approximate surface area is 95.0 Å². The van der Waals surface area contributed by atoms with E-state index in [1.807, 2.05) is 13.8 Å². The molecular weight excluding hydrogens is 209 g/mol. The molecule has 0 amide bonds. The number of aryl methyl sites for hydroxylation is 1. The van der Waals surface area contributed by atoms with Crippen LogP contribution in [-0.2, 0) is 6.42 Å². The van der Waals surface area contributed by atoms with E-state index in [1.165, 1.54) is 12.1 Å². The molecule has 2 rings (SSSR count). The Morgan fingerprint density at radius 1 is 1.50 bits per heavy atom. The average molecular weight is 227 g/mol. The van der Waals surface area contributed by atoms with Gasteiger partial charge in [0, 0.05) is 0 Å². The van der Waals surface area contributed by atoms with Crippen LogP contribution >= 0.6 is 0 Å². The van der Waals surface area contributed by atoms with Crippen LogP contribution in [0.15, 0.2) is 18.2 Å². The summed E-state index contributed by atoms with van der Waals surface area (Å²) in [5.41, 5.74) is 6.15. The number of hydrogen-bond donors (Lipinski definition) is 2. The summed E-state index contributed by atoms with van der Waals surface area (Å²) in [7, 11) is 0. The lowest BCUT2D eigenvalue weighted by molar-refractivity contribution is 0.0281. The highest BCUT2D eigenvalue weighted by Crippen LogP contribution is 2.28. The third-order valence-corrected chi connectivity index (χ3v) is 2.38. The van der Waals surface area contributed by atoms with Gasteiger partial charge >= 0.3 is 0 Å². The molecule has 0 radical (unpaired) electrons. The highest BCUT2D eigenvalue weighted by atomic mass is 19.1. The minimum atomic E-state index is -0.979. The summed E-state index contributed by atoms with van der Waals surface area (Å²) in [6.07, 6.45) is -0.0543. The number of ether oxygens (including phenoxy) is 1. The molecule has 1 aromatic rings. The Bertz CT molecular complexity index is 342. The van der Waals surface area contributed by atoms with Crippen molar-refractivity contribution in [2.24, 2.45) is 5.73 Å². The minimum Gasteiger partial charge on any atom is -0.486 e. The van der Waals surface area contributed by atoms with Gasteiger partial charge in [0.1, 0.15) is 23.9 Å². The number of rotatable bonds is 1. The van der Waals surface area contributed by atoms with E-state index >= 15 is 0 Å². The molecule has 1 aromatic carbocycles. The van der Waals surface area contributed by atoms with Crippen LogP contribution in [0.3, 0.4) is 0 Å². The van der Waals surface area contributed by atoms with Gasteiger partial charge in [-0.15, -0.1) is 0 Å². The minimum absolute atomic E-state index is 0.265. The van der Waals surface area contributed by atoms with Crippen molar-refractivity contribution in [3.8, 4) is 5.75 Å². The highest BCUT2D eigenvalue weighted by molar-refractivity contribution is 5.35. The molecule has 1 heterocycles. The molecule has 2 atom stereocenters. The van der Waals surface area contributed by atoms with Gasteiger partial charge in [-0.3, -0.25) is 0 Å². The van der Waals surface area contributed by atoms with Gasteiger partial charge in [0.2, 0.25) is 0 Å². The van der Waals surface area contributed by atoms with Gasteiger partial charge in [-0.2, -0.15) is 0 Å². The number of benzene rings is 1. The van der Waals surface area contributed by atoms with Gasteiger partial charge in [-0.25, -0.2) is 4.39 Å². The molecule has 1 aliphatic heterocycles. The van der Waals surface area contributed by atoms with E-state index in [-0.39, 0.29) is 11.9 Å². The van der Waals surface area contributed by atoms with E-state index in [4.69, 9.17) is 15.6 Å². The van der Waals surface area contributed by atoms with Crippen LogP contribution < -0.4 is 10.5 Å². The van der Waals surface area contributed by atoms with Crippen LogP contribution in [0.5, 0.6) is 5.75 Å². The van der Waals surface area contributed by atoms with Crippen LogP contribution in [0.25, 0.3) is 0 Å². The van der Waals surface area contributed by atoms with Crippen molar-refractivity contribution < 1.29 is 14.2 Å². The Morgan fingerprint density at radius 2 is 2.19 bits per heavy atom. The molecule has 1 aliphatic rings. The van der Waals surface area contributed by atoms with E-state index in [2.05, 4.69) is 0 Å². The van der Waals surface area contributed by atoms with Crippen molar-refractivity contribution in [3.05, 3.63) is 29.6 Å². The van der Waals surface area contributed by atoms with Gasteiger partial charge in [-0.1, -0.05) is 13.8 Å². The standard InChI is InChI=1S/C10H12FNO2.C2H6/c11-7-2-4-8-6(5-7)1-3-9(14-8)10(12)13;1-2/h2,4-5,9-10,13H,1,3,12H2;1-2H3. The second kappa shape index (κ2) is 5.82. The van der Waals surface area contributed by atoms with Crippen molar-refractivity contribution in [2.45, 2.75) is 39.0 Å². The van der Waals surface area contributed by atoms with Gasteiger partial charge in [0.05, 0.1) is 0 Å². The lowest BCUT2D eigenvalue weighted by atomic mass is 10.0. The summed E-state index contributed by atoms with van der Waals surface area (Å²) in [4.78, 5) is 0. The van der Waals surface area contributed by atoms with Crippen molar-refractivity contribution >= 4 is 0 Å². The first-order chi connectivity index (χ1) is 7.66. The zero-order valence-corrected chi connectivity index (χ0v) is 9.61. The predicted molar refractivity (Wildman–Crippen MR) is 60.7 cm³/mol. The molecular formula is C12H18FNO2. The first kappa shape index (κ1) is 12.9. The van der Waals surface area contributed by atoms with Crippen LogP contribution in [0.2, 0.25) is 0 Å². The third-order valence-electron chi connectivity index (χ3n) is 2.38. The summed E-state index contributed by atoms with van der Waals surface area (Å²) >= 11 is 0. The Kier molecular flexibility index (Phi) is 4.71. The number of hydrogen-bond acceptors (Lipinski definition) is 3. The fraction of sp³-hybridized carbons (Fsp3) is 0.500. The molecule has 0 fully saturated rings. The molecule has 3 N–H and O–H groups in total. The monoisotopic (exact) mass is 227 g/mol. The van der Waals surface area contributed by atoms with Crippen LogP contribution in [-0.4, -0.2) is 17.4 Å². The summed E-state index contributed by atoms with van der Waals surface area (Å²) < 4.78 is 18.2. The molecule has 0 saturated carbocycles. The maximum Gasteiger partial charge on any atom is 0.139 e. The van der Waals surface area contributed by atoms with Gasteiger partial charge in [0.15, 0.2) is 0 Å². The van der Waals surface area contributed by atoms with E-state index in [0.29, 0.717) is 18.6 Å². The fourth-order valence-electron chi connectivity index (χ4n) is 1.62. The number of halogens is 1. The number of nitrogens with two attached hydrogens (primary N) is 1. The molecule has 0 spiro atoms. The smallest absolute Gasteiger partial charge is 0.139 e. The van der Waals surface area contributed by atoms with Crippen LogP contribution in [0.1, 0.15) is 25.8 Å². The molecule has 90 valence electrons. The topological polar surface area (TPSA) is 55.5 Å². The van der Waals surface area contributed by atoms with Crippen molar-refractivity contribution in [1.82, 2.24) is 0 Å². The van der Waals surface area contributed by atoms with Gasteiger partial charge in [0.25, 0.3) is 0 Å². The van der Waals surface area contributed by atoms with Crippen LogP contribution in [0.4, 0.5) is 4.39 Å². The van der Waals surface area contributed by atoms with E-state index in [1.54, 1.807) is 6.07 Å². The lowest BCUT2D eigenvalue weighted by Gasteiger charge is -2.27. The van der Waals surface area contributed by atoms with E-state index in [9.17, 15) is 4.39 Å². The second-order valence-corrected chi connectivity index (χ2v) is 3.44.